The van der Waals surface area contributed by atoms with Gasteiger partial charge in [-0.05, 0) is 29.5 Å². The molecule has 0 unspecified atom stereocenters. The molecule has 21 heavy (non-hydrogen) atoms. The van der Waals surface area contributed by atoms with Gasteiger partial charge in [-0.3, -0.25) is 4.79 Å². The highest BCUT2D eigenvalue weighted by atomic mass is 19.1. The number of halogens is 1. The Labute approximate surface area is 117 Å². The van der Waals surface area contributed by atoms with E-state index in [4.69, 9.17) is 0 Å². The smallest absolute Gasteiger partial charge is 0.249 e. The second kappa shape index (κ2) is 5.49. The summed E-state index contributed by atoms with van der Waals surface area (Å²) in [5.74, 6) is -0.104. The summed E-state index contributed by atoms with van der Waals surface area (Å²) in [7, 11) is 0. The first-order chi connectivity index (χ1) is 10.2. The summed E-state index contributed by atoms with van der Waals surface area (Å²) in [5, 5.41) is 17.7. The third-order valence-electron chi connectivity index (χ3n) is 2.55. The van der Waals surface area contributed by atoms with Crippen LogP contribution in [0.3, 0.4) is 0 Å². The Morgan fingerprint density at radius 1 is 1.29 bits per heavy atom. The molecule has 106 valence electrons. The lowest BCUT2D eigenvalue weighted by Gasteiger charge is -1.99. The third-order valence-corrected chi connectivity index (χ3v) is 2.55. The van der Waals surface area contributed by atoms with E-state index in [9.17, 15) is 9.18 Å². The normalized spacial score (nSPS) is 10.5. The van der Waals surface area contributed by atoms with Gasteiger partial charge in [0, 0.05) is 11.6 Å². The van der Waals surface area contributed by atoms with E-state index in [1.165, 1.54) is 36.6 Å². The Morgan fingerprint density at radius 2 is 2.10 bits per heavy atom. The van der Waals surface area contributed by atoms with Gasteiger partial charge in [0.25, 0.3) is 0 Å². The van der Waals surface area contributed by atoms with Gasteiger partial charge in [-0.1, -0.05) is 5.16 Å². The molecule has 1 aromatic carbocycles. The van der Waals surface area contributed by atoms with Crippen LogP contribution in [-0.4, -0.2) is 31.3 Å². The fraction of sp³-hybridized carbons (Fsp3) is 0.0833. The lowest BCUT2D eigenvalue weighted by molar-refractivity contribution is -0.117. The molecule has 2 aromatic heterocycles. The number of carbonyl (C=O) groups excluding carboxylic acids is 1. The van der Waals surface area contributed by atoms with Crippen LogP contribution in [0.5, 0.6) is 0 Å². The van der Waals surface area contributed by atoms with Crippen molar-refractivity contribution < 1.29 is 13.7 Å². The van der Waals surface area contributed by atoms with Crippen LogP contribution in [0.1, 0.15) is 0 Å². The summed E-state index contributed by atoms with van der Waals surface area (Å²) in [6.45, 7) is -0.124. The number of carbonyl (C=O) groups is 1. The number of benzene rings is 1. The van der Waals surface area contributed by atoms with Gasteiger partial charge in [-0.2, -0.15) is 4.80 Å². The van der Waals surface area contributed by atoms with E-state index in [1.807, 2.05) is 0 Å². The van der Waals surface area contributed by atoms with Crippen molar-refractivity contribution in [3.8, 4) is 11.4 Å². The minimum absolute atomic E-state index is 0.124. The van der Waals surface area contributed by atoms with Gasteiger partial charge in [-0.25, -0.2) is 4.39 Å². The standard InChI is InChI=1S/C12H9FN6O2/c13-9-3-1-8(2-4-9)12-15-18-19(16-12)7-11(20)14-10-5-6-21-17-10/h1-6H,7H2,(H,14,17,20). The van der Waals surface area contributed by atoms with Gasteiger partial charge in [0.1, 0.15) is 18.6 Å². The van der Waals surface area contributed by atoms with Crippen LogP contribution < -0.4 is 5.32 Å². The molecule has 2 heterocycles. The van der Waals surface area contributed by atoms with Gasteiger partial charge >= 0.3 is 0 Å². The number of hydrogen-bond acceptors (Lipinski definition) is 6. The van der Waals surface area contributed by atoms with E-state index in [0.29, 0.717) is 17.2 Å². The zero-order valence-electron chi connectivity index (χ0n) is 10.6. The first kappa shape index (κ1) is 12.9. The maximum atomic E-state index is 12.8. The Balaban J connectivity index is 1.67. The van der Waals surface area contributed by atoms with E-state index in [2.05, 4.69) is 30.4 Å². The second-order valence-electron chi connectivity index (χ2n) is 4.08. The van der Waals surface area contributed by atoms with Crippen molar-refractivity contribution in [2.24, 2.45) is 0 Å². The van der Waals surface area contributed by atoms with Crippen molar-refractivity contribution >= 4 is 11.7 Å². The van der Waals surface area contributed by atoms with Crippen LogP contribution in [0.25, 0.3) is 11.4 Å². The van der Waals surface area contributed by atoms with Crippen LogP contribution >= 0.6 is 0 Å². The molecule has 1 amide bonds. The van der Waals surface area contributed by atoms with Crippen LogP contribution in [0, 0.1) is 5.82 Å². The van der Waals surface area contributed by atoms with E-state index in [-0.39, 0.29) is 18.3 Å². The topological polar surface area (TPSA) is 98.7 Å². The molecule has 1 N–H and O–H groups in total. The molecule has 0 saturated heterocycles. The molecule has 3 rings (SSSR count). The summed E-state index contributed by atoms with van der Waals surface area (Å²) in [5.41, 5.74) is 0.611. The predicted octanol–water partition coefficient (Wildman–Crippen LogP) is 1.11. The van der Waals surface area contributed by atoms with Crippen LogP contribution in [0.4, 0.5) is 10.2 Å². The highest BCUT2D eigenvalue weighted by Gasteiger charge is 2.10. The molecule has 0 bridgehead atoms. The molecular formula is C12H9FN6O2. The number of hydrogen-bond donors (Lipinski definition) is 1. The molecule has 0 aliphatic rings. The molecule has 9 heteroatoms. The summed E-state index contributed by atoms with van der Waals surface area (Å²) in [4.78, 5) is 12.8. The van der Waals surface area contributed by atoms with E-state index in [1.54, 1.807) is 0 Å². The molecule has 0 aliphatic heterocycles. The average Bonchev–Trinajstić information content (AvgIpc) is 3.11. The van der Waals surface area contributed by atoms with E-state index >= 15 is 0 Å². The Hall–Kier alpha value is -3.10. The minimum Gasteiger partial charge on any atom is -0.363 e. The molecule has 0 spiro atoms. The maximum absolute atomic E-state index is 12.8. The highest BCUT2D eigenvalue weighted by molar-refractivity contribution is 5.89. The van der Waals surface area contributed by atoms with Crippen LogP contribution in [0.2, 0.25) is 0 Å². The highest BCUT2D eigenvalue weighted by Crippen LogP contribution is 2.13. The van der Waals surface area contributed by atoms with Gasteiger partial charge in [0.2, 0.25) is 11.7 Å². The van der Waals surface area contributed by atoms with Gasteiger partial charge in [0.15, 0.2) is 5.82 Å². The van der Waals surface area contributed by atoms with Crippen molar-refractivity contribution in [1.82, 2.24) is 25.4 Å². The summed E-state index contributed by atoms with van der Waals surface area (Å²) >= 11 is 0. The summed E-state index contributed by atoms with van der Waals surface area (Å²) in [6.07, 6.45) is 1.34. The molecule has 0 radical (unpaired) electrons. The van der Waals surface area contributed by atoms with Gasteiger partial charge in [0.05, 0.1) is 0 Å². The van der Waals surface area contributed by atoms with Crippen molar-refractivity contribution in [2.45, 2.75) is 6.54 Å². The molecule has 0 saturated carbocycles. The van der Waals surface area contributed by atoms with Crippen molar-refractivity contribution in [1.29, 1.82) is 0 Å². The maximum Gasteiger partial charge on any atom is 0.249 e. The van der Waals surface area contributed by atoms with Crippen LogP contribution in [-0.2, 0) is 11.3 Å². The lowest BCUT2D eigenvalue weighted by Crippen LogP contribution is -2.20. The van der Waals surface area contributed by atoms with Crippen LogP contribution in [0.15, 0.2) is 41.1 Å². The Morgan fingerprint density at radius 3 is 2.81 bits per heavy atom. The zero-order valence-corrected chi connectivity index (χ0v) is 10.6. The minimum atomic E-state index is -0.369. The number of tetrazole rings is 1. The monoisotopic (exact) mass is 288 g/mol. The number of aromatic nitrogens is 5. The molecule has 0 fully saturated rings. The molecule has 0 aliphatic carbocycles. The number of nitrogens with one attached hydrogen (secondary N) is 1. The first-order valence-corrected chi connectivity index (χ1v) is 5.95. The Bertz CT molecular complexity index is 737. The number of nitrogens with zero attached hydrogens (tertiary/aromatic N) is 5. The molecule has 0 atom stereocenters. The number of rotatable bonds is 4. The first-order valence-electron chi connectivity index (χ1n) is 5.95. The summed E-state index contributed by atoms with van der Waals surface area (Å²) < 4.78 is 17.4. The summed E-state index contributed by atoms with van der Waals surface area (Å²) in [6, 6.07) is 7.18. The SMILES string of the molecule is O=C(Cn1nnc(-c2ccc(F)cc2)n1)Nc1ccon1. The number of anilines is 1. The predicted molar refractivity (Wildman–Crippen MR) is 68.3 cm³/mol. The average molecular weight is 288 g/mol. The molecule has 3 aromatic rings. The van der Waals surface area contributed by atoms with Crippen molar-refractivity contribution in [3.63, 3.8) is 0 Å². The van der Waals surface area contributed by atoms with Gasteiger partial charge in [-0.15, -0.1) is 10.2 Å². The largest absolute Gasteiger partial charge is 0.363 e. The molecule has 8 nitrogen and oxygen atoms in total. The van der Waals surface area contributed by atoms with Crippen molar-refractivity contribution in [3.05, 3.63) is 42.4 Å². The number of amides is 1. The second-order valence-corrected chi connectivity index (χ2v) is 4.08. The Kier molecular flexibility index (Phi) is 3.37. The fourth-order valence-electron chi connectivity index (χ4n) is 1.61. The van der Waals surface area contributed by atoms with E-state index in [0.717, 1.165) is 4.80 Å². The van der Waals surface area contributed by atoms with Crippen molar-refractivity contribution in [2.75, 3.05) is 5.32 Å². The lowest BCUT2D eigenvalue weighted by atomic mass is 10.2. The quantitative estimate of drug-likeness (QED) is 0.772. The van der Waals surface area contributed by atoms with E-state index < -0.39 is 0 Å². The van der Waals surface area contributed by atoms with Gasteiger partial charge < -0.3 is 9.84 Å². The third kappa shape index (κ3) is 3.08. The molecular weight excluding hydrogens is 279 g/mol. The fourth-order valence-corrected chi connectivity index (χ4v) is 1.61. The zero-order chi connectivity index (χ0) is 14.7.